The summed E-state index contributed by atoms with van der Waals surface area (Å²) in [5, 5.41) is 4.20. The van der Waals surface area contributed by atoms with E-state index in [1.54, 1.807) is 0 Å². The largest absolute Gasteiger partial charge is 0.314 e. The molecule has 0 aromatic heterocycles. The lowest BCUT2D eigenvalue weighted by atomic mass is 10.00. The fourth-order valence-electron chi connectivity index (χ4n) is 2.55. The summed E-state index contributed by atoms with van der Waals surface area (Å²) in [6.45, 7) is 6.69. The zero-order valence-electron chi connectivity index (χ0n) is 11.6. The Morgan fingerprint density at radius 3 is 2.50 bits per heavy atom. The zero-order valence-corrected chi connectivity index (χ0v) is 15.5. The minimum atomic E-state index is 0. The summed E-state index contributed by atoms with van der Waals surface area (Å²) in [5.41, 5.74) is 1.37. The molecule has 2 nitrogen and oxygen atoms in total. The normalized spacial score (nSPS) is 16.9. The van der Waals surface area contributed by atoms with Gasteiger partial charge in [0.25, 0.3) is 0 Å². The Bertz CT molecular complexity index is 398. The summed E-state index contributed by atoms with van der Waals surface area (Å²) in [5.74, 6) is 0. The highest BCUT2D eigenvalue weighted by molar-refractivity contribution is 9.10. The van der Waals surface area contributed by atoms with E-state index in [0.29, 0.717) is 6.04 Å². The molecule has 0 unspecified atom stereocenters. The molecule has 116 valence electrons. The Morgan fingerprint density at radius 1 is 1.30 bits per heavy atom. The van der Waals surface area contributed by atoms with Crippen LogP contribution in [0, 0.1) is 0 Å². The van der Waals surface area contributed by atoms with Gasteiger partial charge in [-0.3, -0.25) is 4.90 Å². The molecule has 0 spiro atoms. The maximum Gasteiger partial charge on any atom is 0.0548 e. The highest BCUT2D eigenvalue weighted by Gasteiger charge is 2.21. The summed E-state index contributed by atoms with van der Waals surface area (Å²) in [4.78, 5) is 2.58. The van der Waals surface area contributed by atoms with E-state index >= 15 is 0 Å². The van der Waals surface area contributed by atoms with E-state index in [4.69, 9.17) is 11.6 Å². The van der Waals surface area contributed by atoms with Crippen molar-refractivity contribution in [2.24, 2.45) is 0 Å². The lowest BCUT2D eigenvalue weighted by Crippen LogP contribution is -2.45. The van der Waals surface area contributed by atoms with Gasteiger partial charge < -0.3 is 5.32 Å². The first kappa shape index (κ1) is 20.5. The molecule has 1 aliphatic heterocycles. The van der Waals surface area contributed by atoms with Gasteiger partial charge in [0.1, 0.15) is 0 Å². The lowest BCUT2D eigenvalue weighted by molar-refractivity contribution is 0.164. The highest BCUT2D eigenvalue weighted by Crippen LogP contribution is 2.31. The van der Waals surface area contributed by atoms with Crippen molar-refractivity contribution >= 4 is 52.3 Å². The Kier molecular flexibility index (Phi) is 10.5. The molecule has 0 bridgehead atoms. The van der Waals surface area contributed by atoms with Crippen molar-refractivity contribution in [1.82, 2.24) is 10.2 Å². The number of hydrogen-bond donors (Lipinski definition) is 1. The number of hydrogen-bond acceptors (Lipinski definition) is 2. The van der Waals surface area contributed by atoms with Crippen molar-refractivity contribution in [2.45, 2.75) is 25.8 Å². The van der Waals surface area contributed by atoms with Gasteiger partial charge in [0.15, 0.2) is 0 Å². The third-order valence-corrected chi connectivity index (χ3v) is 4.70. The van der Waals surface area contributed by atoms with E-state index in [1.807, 2.05) is 6.07 Å². The third kappa shape index (κ3) is 5.36. The molecule has 1 aromatic rings. The predicted octanol–water partition coefficient (Wildman–Crippen LogP) is 4.69. The number of nitrogens with zero attached hydrogens (tertiary/aromatic N) is 1. The molecule has 1 heterocycles. The summed E-state index contributed by atoms with van der Waals surface area (Å²) >= 11 is 9.60. The van der Waals surface area contributed by atoms with Crippen LogP contribution < -0.4 is 5.32 Å². The van der Waals surface area contributed by atoms with Crippen LogP contribution in [-0.4, -0.2) is 31.1 Å². The van der Waals surface area contributed by atoms with Gasteiger partial charge in [-0.1, -0.05) is 31.0 Å². The number of rotatable bonds is 4. The van der Waals surface area contributed by atoms with Crippen molar-refractivity contribution in [3.63, 3.8) is 0 Å². The first-order valence-electron chi connectivity index (χ1n) is 6.62. The van der Waals surface area contributed by atoms with E-state index < -0.39 is 0 Å². The van der Waals surface area contributed by atoms with E-state index in [2.05, 4.69) is 45.2 Å². The van der Waals surface area contributed by atoms with Gasteiger partial charge in [-0.15, -0.1) is 24.8 Å². The maximum atomic E-state index is 6.08. The molecular weight excluding hydrogens is 382 g/mol. The third-order valence-electron chi connectivity index (χ3n) is 3.48. The number of halogens is 4. The molecule has 1 N–H and O–H groups in total. The van der Waals surface area contributed by atoms with Crippen molar-refractivity contribution in [2.75, 3.05) is 26.2 Å². The fourth-order valence-corrected chi connectivity index (χ4v) is 3.06. The highest BCUT2D eigenvalue weighted by atomic mass is 79.9. The van der Waals surface area contributed by atoms with E-state index in [-0.39, 0.29) is 24.8 Å². The van der Waals surface area contributed by atoms with Gasteiger partial charge in [-0.05, 0) is 40.0 Å². The lowest BCUT2D eigenvalue weighted by Gasteiger charge is -2.35. The predicted molar refractivity (Wildman–Crippen MR) is 95.7 cm³/mol. The number of benzene rings is 1. The van der Waals surface area contributed by atoms with Gasteiger partial charge in [-0.25, -0.2) is 0 Å². The molecule has 1 fully saturated rings. The summed E-state index contributed by atoms with van der Waals surface area (Å²) in [6, 6.07) is 6.84. The molecular formula is C14H22BrCl3N2. The van der Waals surface area contributed by atoms with Crippen LogP contribution in [0.1, 0.15) is 31.4 Å². The smallest absolute Gasteiger partial charge is 0.0548 e. The fraction of sp³-hybridized carbons (Fsp3) is 0.571. The van der Waals surface area contributed by atoms with Gasteiger partial charge >= 0.3 is 0 Å². The van der Waals surface area contributed by atoms with Crippen LogP contribution in [0.2, 0.25) is 5.02 Å². The molecule has 0 amide bonds. The van der Waals surface area contributed by atoms with Crippen LogP contribution in [-0.2, 0) is 0 Å². The van der Waals surface area contributed by atoms with Crippen LogP contribution in [0.4, 0.5) is 0 Å². The minimum absolute atomic E-state index is 0. The molecule has 1 saturated heterocycles. The molecule has 1 aliphatic rings. The van der Waals surface area contributed by atoms with Crippen LogP contribution in [0.3, 0.4) is 0 Å². The minimum Gasteiger partial charge on any atom is -0.314 e. The van der Waals surface area contributed by atoms with Gasteiger partial charge in [0, 0.05) is 36.7 Å². The molecule has 0 radical (unpaired) electrons. The molecule has 0 saturated carbocycles. The van der Waals surface area contributed by atoms with Crippen LogP contribution in [0.25, 0.3) is 0 Å². The Morgan fingerprint density at radius 2 is 1.95 bits per heavy atom. The van der Waals surface area contributed by atoms with Crippen LogP contribution in [0.15, 0.2) is 22.7 Å². The quantitative estimate of drug-likeness (QED) is 0.783. The summed E-state index contributed by atoms with van der Waals surface area (Å²) in [7, 11) is 0. The van der Waals surface area contributed by atoms with E-state index in [9.17, 15) is 0 Å². The topological polar surface area (TPSA) is 15.3 Å². The molecule has 20 heavy (non-hydrogen) atoms. The maximum absolute atomic E-state index is 6.08. The second-order valence-corrected chi connectivity index (χ2v) is 6.03. The molecule has 2 rings (SSSR count). The standard InChI is InChI=1S/C14H20BrClN2.2ClH/c1-2-3-14(18-8-6-17-7-9-18)11-4-5-13(16)12(15)10-11;;/h4-5,10,14,17H,2-3,6-9H2,1H3;2*1H/t14-;;/m1../s1. The second kappa shape index (κ2) is 10.3. The number of nitrogens with one attached hydrogen (secondary N) is 1. The Balaban J connectivity index is 0.00000180. The van der Waals surface area contributed by atoms with Crippen LogP contribution >= 0.6 is 52.3 Å². The first-order chi connectivity index (χ1) is 8.72. The van der Waals surface area contributed by atoms with Crippen LogP contribution in [0.5, 0.6) is 0 Å². The Labute approximate surface area is 147 Å². The summed E-state index contributed by atoms with van der Waals surface area (Å²) < 4.78 is 0.998. The molecule has 0 aliphatic carbocycles. The number of piperazine rings is 1. The average Bonchev–Trinajstić information content (AvgIpc) is 2.40. The van der Waals surface area contributed by atoms with Crippen molar-refractivity contribution in [3.05, 3.63) is 33.3 Å². The zero-order chi connectivity index (χ0) is 13.0. The van der Waals surface area contributed by atoms with Crippen molar-refractivity contribution in [3.8, 4) is 0 Å². The second-order valence-electron chi connectivity index (χ2n) is 4.76. The van der Waals surface area contributed by atoms with E-state index in [1.165, 1.54) is 18.4 Å². The van der Waals surface area contributed by atoms with Crippen molar-refractivity contribution < 1.29 is 0 Å². The SMILES string of the molecule is CCC[C@H](c1ccc(Cl)c(Br)c1)N1CCNCC1.Cl.Cl. The van der Waals surface area contributed by atoms with Crippen molar-refractivity contribution in [1.29, 1.82) is 0 Å². The molecule has 1 aromatic carbocycles. The van der Waals surface area contributed by atoms with Gasteiger partial charge in [0.05, 0.1) is 5.02 Å². The first-order valence-corrected chi connectivity index (χ1v) is 7.79. The molecule has 6 heteroatoms. The van der Waals surface area contributed by atoms with Gasteiger partial charge in [-0.2, -0.15) is 0 Å². The molecule has 1 atom stereocenters. The monoisotopic (exact) mass is 402 g/mol. The average molecular weight is 405 g/mol. The van der Waals surface area contributed by atoms with Gasteiger partial charge in [0.2, 0.25) is 0 Å². The Hall–Kier alpha value is 0.490. The van der Waals surface area contributed by atoms with E-state index in [0.717, 1.165) is 35.7 Å². The summed E-state index contributed by atoms with van der Waals surface area (Å²) in [6.07, 6.45) is 2.41.